The van der Waals surface area contributed by atoms with Crippen LogP contribution in [-0.2, 0) is 54.5 Å². The molecule has 0 spiro atoms. The number of rotatable bonds is 32. The molecular weight excluding hydrogens is 1440 g/mol. The van der Waals surface area contributed by atoms with Gasteiger partial charge in [-0.2, -0.15) is 0 Å². The van der Waals surface area contributed by atoms with E-state index in [0.29, 0.717) is 39.1 Å². The van der Waals surface area contributed by atoms with E-state index in [-0.39, 0.29) is 56.1 Å². The highest BCUT2D eigenvalue weighted by atomic mass is 16.4. The Hall–Kier alpha value is -14.7. The second kappa shape index (κ2) is 31.8. The van der Waals surface area contributed by atoms with Gasteiger partial charge in [-0.3, -0.25) is 14.4 Å². The Kier molecular flexibility index (Phi) is 21.7. The number of anilines is 1. The van der Waals surface area contributed by atoms with Crippen molar-refractivity contribution in [3.8, 4) is 44.9 Å². The highest BCUT2D eigenvalue weighted by Crippen LogP contribution is 2.40. The maximum atomic E-state index is 15.0. The molecule has 3 atom stereocenters. The first-order valence-electron chi connectivity index (χ1n) is 34.5. The number of carboxylic acid groups (broad SMARTS) is 9. The Labute approximate surface area is 626 Å². The molecule has 0 fully saturated rings. The fourth-order valence-corrected chi connectivity index (χ4v) is 14.3. The van der Waals surface area contributed by atoms with E-state index >= 15 is 0 Å². The van der Waals surface area contributed by atoms with Gasteiger partial charge in [0.15, 0.2) is 0 Å². The quantitative estimate of drug-likeness (QED) is 0.0186. The van der Waals surface area contributed by atoms with E-state index in [1.807, 2.05) is 24.3 Å². The third kappa shape index (κ3) is 16.9. The number of carbonyl (C=O) groups excluding carboxylic acids is 4. The summed E-state index contributed by atoms with van der Waals surface area (Å²) in [6.45, 7) is 0. The predicted molar refractivity (Wildman–Crippen MR) is 400 cm³/mol. The Morgan fingerprint density at radius 2 is 0.658 bits per heavy atom. The van der Waals surface area contributed by atoms with Crippen LogP contribution in [-0.4, -0.2) is 162 Å². The number of H-pyrrole nitrogens is 3. The summed E-state index contributed by atoms with van der Waals surface area (Å²) in [6, 6.07) is 35.8. The average molecular weight is 1510 g/mol. The molecule has 0 bridgehead atoms. The average Bonchev–Trinajstić information content (AvgIpc) is 1.65. The monoisotopic (exact) mass is 1500 g/mol. The van der Waals surface area contributed by atoms with Crippen LogP contribution in [0.1, 0.15) is 128 Å². The van der Waals surface area contributed by atoms with Crippen LogP contribution >= 0.6 is 0 Å². The lowest BCUT2D eigenvalue weighted by Gasteiger charge is -2.35. The number of nitrogens with one attached hydrogen (secondary N) is 8. The van der Waals surface area contributed by atoms with E-state index in [1.165, 1.54) is 36.4 Å². The van der Waals surface area contributed by atoms with Gasteiger partial charge in [-0.25, -0.2) is 47.9 Å². The summed E-state index contributed by atoms with van der Waals surface area (Å²) in [4.78, 5) is 183. The summed E-state index contributed by atoms with van der Waals surface area (Å²) in [5, 5.41) is 107. The fourth-order valence-electron chi connectivity index (χ4n) is 14.3. The summed E-state index contributed by atoms with van der Waals surface area (Å²) in [7, 11) is 0. The summed E-state index contributed by atoms with van der Waals surface area (Å²) in [5.74, 6) is -16.6. The van der Waals surface area contributed by atoms with Crippen molar-refractivity contribution in [3.63, 3.8) is 0 Å². The number of para-hydroxylation sites is 3. The number of fused-ring (bicyclic) bond motifs is 6. The number of amides is 5. The minimum absolute atomic E-state index is 0.0367. The van der Waals surface area contributed by atoms with Gasteiger partial charge in [-0.15, -0.1) is 0 Å². The lowest BCUT2D eigenvalue weighted by atomic mass is 9.83. The molecule has 0 radical (unpaired) electrons. The van der Waals surface area contributed by atoms with Crippen molar-refractivity contribution in [2.45, 2.75) is 87.9 Å². The van der Waals surface area contributed by atoms with Gasteiger partial charge >= 0.3 is 59.8 Å². The number of hydrogen-bond donors (Lipinski definition) is 17. The Balaban J connectivity index is 0.892. The maximum absolute atomic E-state index is 15.0. The third-order valence-electron chi connectivity index (χ3n) is 19.6. The minimum atomic E-state index is -2.00. The standard InChI is InChI=1S/C81H68N8O22/c90-65(83-62(77(105)106)36-56-53-11-3-6-14-59(53)86-68(56)41-26-44(71(93)94)32-45(27-41)72(95)96)19-22-81(89-80(111)82-50-17-18-52-40(35-50)25-39-9-1-2-10-51(39)52,23-20-66(91)84-63(78(107)108)37-57-54-12-4-7-15-60(54)87-69(57)42-28-46(73(97)98)33-47(29-42)74(99)100)24-21-67(92)85-64(79(109)110)38-58-55-13-5-8-16-61(55)88-70(58)43-30-48(75(101)102)34-49(31-43)76(103)104/h1-18,26-35,62-64,86-88H,19-25,36-38H2,(H,83,90)(H,84,91)(H,85,92)(H,93,94)(H,95,96)(H,97,98)(H,99,100)(H,101,102)(H,103,104)(H,105,106)(H,107,108)(H,109,110)(H2,82,89,111). The summed E-state index contributed by atoms with van der Waals surface area (Å²) in [6.07, 6.45) is -4.97. The second-order valence-corrected chi connectivity index (χ2v) is 26.9. The van der Waals surface area contributed by atoms with Crippen molar-refractivity contribution < 1.29 is 108 Å². The van der Waals surface area contributed by atoms with Gasteiger partial charge in [-0.05, 0) is 166 Å². The normalized spacial score (nSPS) is 12.8. The number of aromatic amines is 3. The Morgan fingerprint density at radius 3 is 0.982 bits per heavy atom. The van der Waals surface area contributed by atoms with Crippen LogP contribution in [0.3, 0.4) is 0 Å². The number of aliphatic carboxylic acids is 3. The van der Waals surface area contributed by atoms with E-state index in [1.54, 1.807) is 91.0 Å². The first-order chi connectivity index (χ1) is 53.0. The molecule has 0 saturated carbocycles. The largest absolute Gasteiger partial charge is 0.480 e. The molecule has 3 unspecified atom stereocenters. The topological polar surface area (TPSA) is 512 Å². The summed E-state index contributed by atoms with van der Waals surface area (Å²) < 4.78 is 0. The SMILES string of the molecule is O=C(CCC(CCC(=O)NC(Cc1c(-c2cc(C(=O)O)cc(C(=O)O)c2)[nH]c2ccccc12)C(=O)O)(CCC(=O)NC(Cc1c(-c2cc(C(=O)O)cc(C(=O)O)c2)[nH]c2ccccc12)C(=O)O)NC(=O)Nc1ccc2c(c1)Cc1ccccc1-2)NC(Cc1c(-c2cc(C(=O)O)cc(C(=O)O)c2)[nH]c2ccccc12)C(=O)O. The zero-order valence-electron chi connectivity index (χ0n) is 58.3. The molecule has 12 rings (SSSR count). The zero-order chi connectivity index (χ0) is 79.3. The van der Waals surface area contributed by atoms with Crippen LogP contribution in [0.2, 0.25) is 0 Å². The van der Waals surface area contributed by atoms with Crippen molar-refractivity contribution >= 4 is 116 Å². The number of carboxylic acids is 9. The molecular formula is C81H68N8O22. The molecule has 1 aliphatic rings. The fraction of sp³-hybridized carbons (Fsp3) is 0.173. The number of benzene rings is 8. The van der Waals surface area contributed by atoms with Crippen molar-refractivity contribution in [2.24, 2.45) is 0 Å². The van der Waals surface area contributed by atoms with E-state index < -0.39 is 192 Å². The molecule has 0 saturated heterocycles. The van der Waals surface area contributed by atoms with Gasteiger partial charge in [0.2, 0.25) is 17.7 Å². The van der Waals surface area contributed by atoms with Gasteiger partial charge in [0.25, 0.3) is 0 Å². The molecule has 5 amide bonds. The van der Waals surface area contributed by atoms with Crippen molar-refractivity contribution in [3.05, 3.63) is 231 Å². The van der Waals surface area contributed by atoms with E-state index in [9.17, 15) is 108 Å². The molecule has 564 valence electrons. The number of aromatic carboxylic acids is 6. The van der Waals surface area contributed by atoms with Crippen LogP contribution in [0.5, 0.6) is 0 Å². The third-order valence-corrected chi connectivity index (χ3v) is 19.6. The summed E-state index contributed by atoms with van der Waals surface area (Å²) >= 11 is 0. The molecule has 111 heavy (non-hydrogen) atoms. The first kappa shape index (κ1) is 76.0. The van der Waals surface area contributed by atoms with Crippen LogP contribution in [0.25, 0.3) is 77.6 Å². The number of carbonyl (C=O) groups is 13. The molecule has 3 heterocycles. The van der Waals surface area contributed by atoms with Crippen LogP contribution in [0.15, 0.2) is 170 Å². The summed E-state index contributed by atoms with van der Waals surface area (Å²) in [5.41, 5.74) is 1.75. The van der Waals surface area contributed by atoms with E-state index in [0.717, 1.165) is 40.5 Å². The molecule has 11 aromatic rings. The van der Waals surface area contributed by atoms with Gasteiger partial charge in [0, 0.05) is 99.5 Å². The smallest absolute Gasteiger partial charge is 0.335 e. The molecule has 17 N–H and O–H groups in total. The zero-order valence-corrected chi connectivity index (χ0v) is 58.3. The Bertz CT molecular complexity index is 5160. The molecule has 30 nitrogen and oxygen atoms in total. The van der Waals surface area contributed by atoms with E-state index in [4.69, 9.17) is 0 Å². The Morgan fingerprint density at radius 1 is 0.351 bits per heavy atom. The van der Waals surface area contributed by atoms with Crippen molar-refractivity contribution in [1.29, 1.82) is 0 Å². The molecule has 3 aromatic heterocycles. The highest BCUT2D eigenvalue weighted by molar-refractivity contribution is 6.03. The van der Waals surface area contributed by atoms with Crippen molar-refractivity contribution in [1.82, 2.24) is 36.2 Å². The maximum Gasteiger partial charge on any atom is 0.335 e. The molecule has 0 aliphatic heterocycles. The lowest BCUT2D eigenvalue weighted by molar-refractivity contribution is -0.142. The van der Waals surface area contributed by atoms with Gasteiger partial charge < -0.3 is 87.5 Å². The van der Waals surface area contributed by atoms with Crippen molar-refractivity contribution in [2.75, 3.05) is 5.32 Å². The van der Waals surface area contributed by atoms with Crippen LogP contribution in [0.4, 0.5) is 10.5 Å². The van der Waals surface area contributed by atoms with Gasteiger partial charge in [-0.1, -0.05) is 84.9 Å². The van der Waals surface area contributed by atoms with Gasteiger partial charge in [0.1, 0.15) is 18.1 Å². The van der Waals surface area contributed by atoms with E-state index in [2.05, 4.69) is 41.5 Å². The number of hydrogen-bond acceptors (Lipinski definition) is 13. The number of aromatic nitrogens is 3. The van der Waals surface area contributed by atoms with Crippen LogP contribution < -0.4 is 26.6 Å². The molecule has 1 aliphatic carbocycles. The highest BCUT2D eigenvalue weighted by Gasteiger charge is 2.38. The minimum Gasteiger partial charge on any atom is -0.480 e. The molecule has 30 heteroatoms. The first-order valence-corrected chi connectivity index (χ1v) is 34.5. The van der Waals surface area contributed by atoms with Crippen LogP contribution in [0, 0.1) is 0 Å². The van der Waals surface area contributed by atoms with Gasteiger partial charge in [0.05, 0.1) is 33.4 Å². The predicted octanol–water partition coefficient (Wildman–Crippen LogP) is 10.5. The lowest BCUT2D eigenvalue weighted by Crippen LogP contribution is -2.53. The second-order valence-electron chi connectivity index (χ2n) is 26.9. The molecule has 8 aromatic carbocycles. The number of urea groups is 1.